The maximum atomic E-state index is 11.6. The number of benzene rings is 3. The molecule has 0 saturated heterocycles. The van der Waals surface area contributed by atoms with Crippen LogP contribution in [0.2, 0.25) is 0 Å². The summed E-state index contributed by atoms with van der Waals surface area (Å²) in [6.07, 6.45) is -0.193. The van der Waals surface area contributed by atoms with Crippen molar-refractivity contribution in [2.24, 2.45) is 5.73 Å². The Labute approximate surface area is 151 Å². The van der Waals surface area contributed by atoms with Crippen LogP contribution in [0.5, 0.6) is 0 Å². The zero-order valence-corrected chi connectivity index (χ0v) is 14.2. The summed E-state index contributed by atoms with van der Waals surface area (Å²) in [6.45, 7) is -0.175. The average molecular weight is 348 g/mol. The van der Waals surface area contributed by atoms with Crippen LogP contribution in [0.4, 0.5) is 0 Å². The Morgan fingerprint density at radius 2 is 1.58 bits per heavy atom. The summed E-state index contributed by atoms with van der Waals surface area (Å²) < 4.78 is 0. The lowest BCUT2D eigenvalue weighted by Crippen LogP contribution is -2.34. The first-order valence-electron chi connectivity index (χ1n) is 8.37. The van der Waals surface area contributed by atoms with Crippen molar-refractivity contribution in [2.75, 3.05) is 6.54 Å². The smallest absolute Gasteiger partial charge is 0.305 e. The first-order valence-corrected chi connectivity index (χ1v) is 8.37. The van der Waals surface area contributed by atoms with Crippen LogP contribution in [0.1, 0.15) is 18.0 Å². The third kappa shape index (κ3) is 4.07. The molecule has 5 nitrogen and oxygen atoms in total. The Hall–Kier alpha value is -3.18. The van der Waals surface area contributed by atoms with E-state index >= 15 is 0 Å². The van der Waals surface area contributed by atoms with Gasteiger partial charge in [0.15, 0.2) is 0 Å². The number of aliphatic carboxylic acids is 1. The minimum absolute atomic E-state index is 0.175. The highest BCUT2D eigenvalue weighted by atomic mass is 16.4. The van der Waals surface area contributed by atoms with Crippen LogP contribution in [-0.2, 0) is 9.59 Å². The van der Waals surface area contributed by atoms with Crippen LogP contribution in [0.25, 0.3) is 21.9 Å². The SMILES string of the molecule is NCC(=O)NC(CC(=O)O)c1ccc(-c2ccc3ccccc3c2)cc1. The fourth-order valence-corrected chi connectivity index (χ4v) is 2.96. The highest BCUT2D eigenvalue weighted by Gasteiger charge is 2.17. The van der Waals surface area contributed by atoms with E-state index in [1.54, 1.807) is 0 Å². The summed E-state index contributed by atoms with van der Waals surface area (Å²) >= 11 is 0. The van der Waals surface area contributed by atoms with E-state index in [4.69, 9.17) is 10.8 Å². The molecule has 0 aromatic heterocycles. The summed E-state index contributed by atoms with van der Waals surface area (Å²) in [5, 5.41) is 14.1. The summed E-state index contributed by atoms with van der Waals surface area (Å²) in [5.41, 5.74) is 8.16. The third-order valence-electron chi connectivity index (χ3n) is 4.30. The van der Waals surface area contributed by atoms with Crippen molar-refractivity contribution in [1.29, 1.82) is 0 Å². The van der Waals surface area contributed by atoms with Crippen molar-refractivity contribution in [3.63, 3.8) is 0 Å². The minimum atomic E-state index is -0.981. The van der Waals surface area contributed by atoms with Gasteiger partial charge in [0.05, 0.1) is 19.0 Å². The van der Waals surface area contributed by atoms with Gasteiger partial charge in [-0.1, -0.05) is 60.7 Å². The van der Waals surface area contributed by atoms with Crippen molar-refractivity contribution in [3.8, 4) is 11.1 Å². The average Bonchev–Trinajstić information content (AvgIpc) is 2.66. The van der Waals surface area contributed by atoms with Gasteiger partial charge in [-0.2, -0.15) is 0 Å². The molecule has 0 bridgehead atoms. The van der Waals surface area contributed by atoms with Gasteiger partial charge in [0.2, 0.25) is 5.91 Å². The van der Waals surface area contributed by atoms with E-state index in [0.29, 0.717) is 0 Å². The van der Waals surface area contributed by atoms with Crippen LogP contribution in [-0.4, -0.2) is 23.5 Å². The molecule has 1 amide bonds. The highest BCUT2D eigenvalue weighted by Crippen LogP contribution is 2.26. The van der Waals surface area contributed by atoms with Gasteiger partial charge >= 0.3 is 5.97 Å². The fourth-order valence-electron chi connectivity index (χ4n) is 2.96. The number of carboxylic acid groups (broad SMARTS) is 1. The van der Waals surface area contributed by atoms with Crippen molar-refractivity contribution in [3.05, 3.63) is 72.3 Å². The van der Waals surface area contributed by atoms with Crippen LogP contribution >= 0.6 is 0 Å². The molecule has 4 N–H and O–H groups in total. The lowest BCUT2D eigenvalue weighted by molar-refractivity contribution is -0.137. The molecule has 3 aromatic carbocycles. The molecule has 3 rings (SSSR count). The molecule has 1 atom stereocenters. The Morgan fingerprint density at radius 1 is 0.923 bits per heavy atom. The van der Waals surface area contributed by atoms with Crippen molar-refractivity contribution >= 4 is 22.6 Å². The van der Waals surface area contributed by atoms with Gasteiger partial charge in [0.1, 0.15) is 0 Å². The Balaban J connectivity index is 1.87. The quantitative estimate of drug-likeness (QED) is 0.638. The van der Waals surface area contributed by atoms with Gasteiger partial charge in [0, 0.05) is 0 Å². The summed E-state index contributed by atoms with van der Waals surface area (Å²) in [7, 11) is 0. The largest absolute Gasteiger partial charge is 0.481 e. The number of carboxylic acids is 1. The van der Waals surface area contributed by atoms with Gasteiger partial charge < -0.3 is 16.2 Å². The van der Waals surface area contributed by atoms with Crippen LogP contribution in [0.15, 0.2) is 66.7 Å². The maximum absolute atomic E-state index is 11.6. The predicted molar refractivity (Wildman–Crippen MR) is 102 cm³/mol. The van der Waals surface area contributed by atoms with Gasteiger partial charge in [0.25, 0.3) is 0 Å². The molecule has 0 radical (unpaired) electrons. The molecule has 0 aliphatic heterocycles. The molecule has 26 heavy (non-hydrogen) atoms. The molecule has 0 heterocycles. The first-order chi connectivity index (χ1) is 12.6. The zero-order chi connectivity index (χ0) is 18.5. The number of nitrogens with one attached hydrogen (secondary N) is 1. The number of carbonyl (C=O) groups excluding carboxylic acids is 1. The molecule has 0 aliphatic rings. The molecule has 3 aromatic rings. The summed E-state index contributed by atoms with van der Waals surface area (Å²) in [6, 6.07) is 21.4. The number of amides is 1. The van der Waals surface area contributed by atoms with Gasteiger partial charge in [-0.05, 0) is 33.5 Å². The minimum Gasteiger partial charge on any atom is -0.481 e. The molecule has 0 saturated carbocycles. The summed E-state index contributed by atoms with van der Waals surface area (Å²) in [5.74, 6) is -1.36. The van der Waals surface area contributed by atoms with Gasteiger partial charge in [-0.3, -0.25) is 9.59 Å². The molecule has 0 aliphatic carbocycles. The second-order valence-corrected chi connectivity index (χ2v) is 6.11. The third-order valence-corrected chi connectivity index (χ3v) is 4.30. The molecular weight excluding hydrogens is 328 g/mol. The Bertz CT molecular complexity index is 935. The fraction of sp³-hybridized carbons (Fsp3) is 0.143. The maximum Gasteiger partial charge on any atom is 0.305 e. The number of fused-ring (bicyclic) bond motifs is 1. The molecular formula is C21H20N2O3. The zero-order valence-electron chi connectivity index (χ0n) is 14.2. The first kappa shape index (κ1) is 17.6. The van der Waals surface area contributed by atoms with E-state index in [0.717, 1.165) is 22.1 Å². The molecule has 0 fully saturated rings. The second kappa shape index (κ2) is 7.80. The Morgan fingerprint density at radius 3 is 2.23 bits per heavy atom. The van der Waals surface area contributed by atoms with Crippen molar-refractivity contribution in [2.45, 2.75) is 12.5 Å². The van der Waals surface area contributed by atoms with Crippen LogP contribution in [0, 0.1) is 0 Å². The number of hydrogen-bond donors (Lipinski definition) is 3. The lowest BCUT2D eigenvalue weighted by atomic mass is 9.97. The number of hydrogen-bond acceptors (Lipinski definition) is 3. The monoisotopic (exact) mass is 348 g/mol. The molecule has 132 valence electrons. The van der Waals surface area contributed by atoms with E-state index in [2.05, 4.69) is 35.6 Å². The van der Waals surface area contributed by atoms with E-state index in [-0.39, 0.29) is 18.9 Å². The number of nitrogens with two attached hydrogens (primary N) is 1. The van der Waals surface area contributed by atoms with E-state index in [1.807, 2.05) is 36.4 Å². The second-order valence-electron chi connectivity index (χ2n) is 6.11. The number of carbonyl (C=O) groups is 2. The van der Waals surface area contributed by atoms with Gasteiger partial charge in [-0.15, -0.1) is 0 Å². The molecule has 5 heteroatoms. The molecule has 0 spiro atoms. The normalized spacial score (nSPS) is 11.9. The van der Waals surface area contributed by atoms with E-state index in [9.17, 15) is 9.59 Å². The van der Waals surface area contributed by atoms with Gasteiger partial charge in [-0.25, -0.2) is 0 Å². The highest BCUT2D eigenvalue weighted by molar-refractivity contribution is 5.87. The lowest BCUT2D eigenvalue weighted by Gasteiger charge is -2.17. The Kier molecular flexibility index (Phi) is 5.29. The topological polar surface area (TPSA) is 92.4 Å². The van der Waals surface area contributed by atoms with E-state index in [1.165, 1.54) is 5.39 Å². The van der Waals surface area contributed by atoms with Crippen molar-refractivity contribution in [1.82, 2.24) is 5.32 Å². The number of rotatable bonds is 6. The van der Waals surface area contributed by atoms with Crippen LogP contribution in [0.3, 0.4) is 0 Å². The van der Waals surface area contributed by atoms with Crippen molar-refractivity contribution < 1.29 is 14.7 Å². The summed E-state index contributed by atoms with van der Waals surface area (Å²) in [4.78, 5) is 22.6. The van der Waals surface area contributed by atoms with Crippen LogP contribution < -0.4 is 11.1 Å². The standard InChI is InChI=1S/C21H20N2O3/c22-13-20(24)23-19(12-21(25)26)16-8-5-15(6-9-16)18-10-7-14-3-1-2-4-17(14)11-18/h1-11,19H,12-13,22H2,(H,23,24)(H,25,26). The predicted octanol–water partition coefficient (Wildman–Crippen LogP) is 3.10. The molecule has 1 unspecified atom stereocenters. The van der Waals surface area contributed by atoms with E-state index < -0.39 is 12.0 Å².